The molecule has 30 heavy (non-hydrogen) atoms. The summed E-state index contributed by atoms with van der Waals surface area (Å²) in [5.74, 6) is -1.81. The molecule has 2 saturated heterocycles. The first-order chi connectivity index (χ1) is 13.6. The number of carboxylic acids is 1. The minimum Gasteiger partial charge on any atom is -0.547 e. The average Bonchev–Trinajstić information content (AvgIpc) is 2.70. The topological polar surface area (TPSA) is 239 Å². The maximum atomic E-state index is 10.8. The Balaban J connectivity index is 0.00000450. The Morgan fingerprint density at radius 1 is 0.833 bits per heavy atom. The van der Waals surface area contributed by atoms with Crippen molar-refractivity contribution in [3.63, 3.8) is 0 Å². The number of aliphatic hydroxyl groups is 8. The second kappa shape index (κ2) is 12.8. The van der Waals surface area contributed by atoms with E-state index in [1.165, 1.54) is 0 Å². The van der Waals surface area contributed by atoms with Gasteiger partial charge in [0.1, 0.15) is 54.9 Å². The average molecular weight is 468 g/mol. The van der Waals surface area contributed by atoms with Crippen LogP contribution in [0.4, 0.5) is 0 Å². The third kappa shape index (κ3) is 6.58. The SMILES string of the molecule is O=C([O-])[C@@H](CO)O[C@H]1O[C@H](CO[C@H]2O[C@H](CO)[C@@H](O)[C@H](O)[C@H]2O)[C@@H](O)[C@H](O)[C@H]1O.[K+]. The molecule has 0 unspecified atom stereocenters. The Hall–Kier alpha value is 0.626. The van der Waals surface area contributed by atoms with E-state index in [1.807, 2.05) is 0 Å². The fraction of sp³-hybridized carbons (Fsp3) is 0.933. The zero-order valence-corrected chi connectivity index (χ0v) is 19.1. The van der Waals surface area contributed by atoms with Crippen LogP contribution in [0.5, 0.6) is 0 Å². The molecule has 0 aromatic heterocycles. The van der Waals surface area contributed by atoms with E-state index in [1.54, 1.807) is 0 Å². The van der Waals surface area contributed by atoms with Gasteiger partial charge in [0.2, 0.25) is 0 Å². The predicted molar refractivity (Wildman–Crippen MR) is 83.4 cm³/mol. The van der Waals surface area contributed by atoms with Crippen LogP contribution < -0.4 is 56.5 Å². The fourth-order valence-corrected chi connectivity index (χ4v) is 2.90. The van der Waals surface area contributed by atoms with E-state index in [2.05, 4.69) is 0 Å². The van der Waals surface area contributed by atoms with Crippen LogP contribution in [-0.2, 0) is 23.7 Å². The zero-order chi connectivity index (χ0) is 21.9. The number of carbonyl (C=O) groups is 1. The van der Waals surface area contributed by atoms with Crippen molar-refractivity contribution >= 4 is 5.97 Å². The molecule has 0 radical (unpaired) electrons. The fourth-order valence-electron chi connectivity index (χ4n) is 2.90. The van der Waals surface area contributed by atoms with Crippen LogP contribution in [0.1, 0.15) is 0 Å². The number of aliphatic hydroxyl groups excluding tert-OH is 8. The second-order valence-corrected chi connectivity index (χ2v) is 6.67. The van der Waals surface area contributed by atoms with E-state index in [4.69, 9.17) is 29.2 Å². The van der Waals surface area contributed by atoms with Crippen molar-refractivity contribution in [2.45, 2.75) is 67.5 Å². The molecular formula is C15H25KO14. The molecule has 0 spiro atoms. The van der Waals surface area contributed by atoms with Crippen LogP contribution >= 0.6 is 0 Å². The minimum atomic E-state index is -1.89. The van der Waals surface area contributed by atoms with Crippen LogP contribution in [0.2, 0.25) is 0 Å². The Kier molecular flexibility index (Phi) is 12.2. The first kappa shape index (κ1) is 28.7. The van der Waals surface area contributed by atoms with Crippen molar-refractivity contribution in [1.82, 2.24) is 0 Å². The van der Waals surface area contributed by atoms with Gasteiger partial charge in [0.25, 0.3) is 0 Å². The molecule has 8 N–H and O–H groups in total. The second-order valence-electron chi connectivity index (χ2n) is 6.67. The number of hydrogen-bond acceptors (Lipinski definition) is 14. The number of ether oxygens (including phenoxy) is 4. The molecule has 2 fully saturated rings. The summed E-state index contributed by atoms with van der Waals surface area (Å²) in [7, 11) is 0. The summed E-state index contributed by atoms with van der Waals surface area (Å²) in [4.78, 5) is 10.8. The van der Waals surface area contributed by atoms with Gasteiger partial charge in [-0.1, -0.05) is 0 Å². The van der Waals surface area contributed by atoms with Crippen LogP contribution in [-0.4, -0.2) is 134 Å². The van der Waals surface area contributed by atoms with Gasteiger partial charge in [0.15, 0.2) is 12.6 Å². The van der Waals surface area contributed by atoms with Gasteiger partial charge in [0, 0.05) is 0 Å². The molecule has 0 bridgehead atoms. The molecule has 15 heteroatoms. The molecule has 2 heterocycles. The largest absolute Gasteiger partial charge is 1.00 e. The molecule has 0 amide bonds. The van der Waals surface area contributed by atoms with Crippen molar-refractivity contribution in [3.8, 4) is 0 Å². The molecule has 14 nitrogen and oxygen atoms in total. The van der Waals surface area contributed by atoms with E-state index < -0.39 is 93.3 Å². The van der Waals surface area contributed by atoms with Crippen molar-refractivity contribution in [3.05, 3.63) is 0 Å². The van der Waals surface area contributed by atoms with Crippen molar-refractivity contribution in [2.75, 3.05) is 19.8 Å². The number of hydrogen-bond donors (Lipinski definition) is 8. The van der Waals surface area contributed by atoms with Crippen LogP contribution in [0.15, 0.2) is 0 Å². The number of carbonyl (C=O) groups excluding carboxylic acids is 1. The summed E-state index contributed by atoms with van der Waals surface area (Å²) >= 11 is 0. The summed E-state index contributed by atoms with van der Waals surface area (Å²) in [6.07, 6.45) is -18.4. The van der Waals surface area contributed by atoms with Crippen molar-refractivity contribution in [1.29, 1.82) is 0 Å². The van der Waals surface area contributed by atoms with Gasteiger partial charge in [-0.25, -0.2) is 0 Å². The van der Waals surface area contributed by atoms with E-state index in [9.17, 15) is 40.5 Å². The van der Waals surface area contributed by atoms with Gasteiger partial charge in [-0.05, 0) is 0 Å². The van der Waals surface area contributed by atoms with Crippen molar-refractivity contribution < 1.29 is 121 Å². The Morgan fingerprint density at radius 3 is 1.83 bits per heavy atom. The van der Waals surface area contributed by atoms with Gasteiger partial charge in [0.05, 0.1) is 25.8 Å². The van der Waals surface area contributed by atoms with Crippen LogP contribution in [0.3, 0.4) is 0 Å². The molecule has 170 valence electrons. The third-order valence-corrected chi connectivity index (χ3v) is 4.67. The van der Waals surface area contributed by atoms with Crippen LogP contribution in [0.25, 0.3) is 0 Å². The van der Waals surface area contributed by atoms with E-state index in [0.29, 0.717) is 0 Å². The smallest absolute Gasteiger partial charge is 0.547 e. The third-order valence-electron chi connectivity index (χ3n) is 4.67. The Labute approximate surface area is 213 Å². The number of carboxylic acid groups (broad SMARTS) is 1. The molecular weight excluding hydrogens is 443 g/mol. The standard InChI is InChI=1S/C15H26O14.K/c16-1-4-7(18)9(20)11(22)14(27-4)26-3-6-8(19)10(21)12(23)15(29-6)28-5(2-17)13(24)25;/h4-12,14-23H,1-3H2,(H,24,25);/q;+1/p-1/t4-,5-,6-,7-,8-,9+,10+,11-,12-,14+,15+;/m1./s1. The maximum absolute atomic E-state index is 10.8. The van der Waals surface area contributed by atoms with Gasteiger partial charge in [-0.3, -0.25) is 0 Å². The summed E-state index contributed by atoms with van der Waals surface area (Å²) in [5, 5.41) is 88.2. The molecule has 11 atom stereocenters. The molecule has 2 aliphatic rings. The van der Waals surface area contributed by atoms with Gasteiger partial charge in [-0.15, -0.1) is 0 Å². The molecule has 0 aliphatic carbocycles. The Morgan fingerprint density at radius 2 is 1.33 bits per heavy atom. The normalized spacial score (nSPS) is 42.9. The first-order valence-electron chi connectivity index (χ1n) is 8.71. The maximum Gasteiger partial charge on any atom is 1.00 e. The minimum absolute atomic E-state index is 0. The zero-order valence-electron chi connectivity index (χ0n) is 16.0. The summed E-state index contributed by atoms with van der Waals surface area (Å²) in [6.45, 7) is -2.32. The van der Waals surface area contributed by atoms with E-state index in [-0.39, 0.29) is 51.4 Å². The van der Waals surface area contributed by atoms with Gasteiger partial charge in [-0.2, -0.15) is 0 Å². The molecule has 0 saturated carbocycles. The molecule has 2 aliphatic heterocycles. The van der Waals surface area contributed by atoms with Gasteiger partial charge < -0.3 is 69.7 Å². The number of rotatable bonds is 8. The van der Waals surface area contributed by atoms with E-state index >= 15 is 0 Å². The predicted octanol–water partition coefficient (Wildman–Crippen LogP) is -10.3. The summed E-state index contributed by atoms with van der Waals surface area (Å²) in [5.41, 5.74) is 0. The van der Waals surface area contributed by atoms with Crippen LogP contribution in [0, 0.1) is 0 Å². The number of aliphatic carboxylic acids is 1. The summed E-state index contributed by atoms with van der Waals surface area (Å²) < 4.78 is 20.3. The Bertz CT molecular complexity index is 537. The van der Waals surface area contributed by atoms with Crippen molar-refractivity contribution in [2.24, 2.45) is 0 Å². The van der Waals surface area contributed by atoms with Gasteiger partial charge >= 0.3 is 51.4 Å². The first-order valence-corrected chi connectivity index (χ1v) is 8.71. The summed E-state index contributed by atoms with van der Waals surface area (Å²) in [6, 6.07) is 0. The molecule has 0 aromatic rings. The quantitative estimate of drug-likeness (QED) is 0.154. The monoisotopic (exact) mass is 468 g/mol. The molecule has 2 rings (SSSR count). The van der Waals surface area contributed by atoms with E-state index in [0.717, 1.165) is 0 Å². The molecule has 0 aromatic carbocycles.